The lowest BCUT2D eigenvalue weighted by atomic mass is 10.0. The number of benzene rings is 2. The Kier molecular flexibility index (Phi) is 4.66. The largest absolute Gasteiger partial charge is 0.506 e. The van der Waals surface area contributed by atoms with Gasteiger partial charge in [0.2, 0.25) is 0 Å². The molecule has 0 radical (unpaired) electrons. The van der Waals surface area contributed by atoms with Crippen molar-refractivity contribution in [2.24, 2.45) is 7.05 Å². The molecule has 25 heavy (non-hydrogen) atoms. The van der Waals surface area contributed by atoms with E-state index in [-0.39, 0.29) is 16.9 Å². The summed E-state index contributed by atoms with van der Waals surface area (Å²) >= 11 is 0. The molecule has 0 unspecified atom stereocenters. The van der Waals surface area contributed by atoms with Gasteiger partial charge in [-0.25, -0.2) is 0 Å². The number of nitrogens with zero attached hydrogens (tertiary/aromatic N) is 1. The molecule has 3 rings (SSSR count). The first-order valence-electron chi connectivity index (χ1n) is 7.87. The van der Waals surface area contributed by atoms with E-state index in [0.717, 1.165) is 11.1 Å². The topological polar surface area (TPSA) is 71.3 Å². The van der Waals surface area contributed by atoms with Crippen LogP contribution in [0.15, 0.2) is 71.7 Å². The highest BCUT2D eigenvalue weighted by atomic mass is 16.3. The molecule has 0 fully saturated rings. The average Bonchev–Trinajstić information content (AvgIpc) is 2.61. The molecule has 0 saturated heterocycles. The molecule has 0 aliphatic rings. The second-order valence-electron chi connectivity index (χ2n) is 5.83. The zero-order chi connectivity index (χ0) is 17.8. The first-order valence-corrected chi connectivity index (χ1v) is 7.87. The second-order valence-corrected chi connectivity index (χ2v) is 5.83. The van der Waals surface area contributed by atoms with E-state index >= 15 is 0 Å². The number of nitrogens with one attached hydrogen (secondary N) is 1. The fourth-order valence-electron chi connectivity index (χ4n) is 2.51. The van der Waals surface area contributed by atoms with Crippen molar-refractivity contribution in [2.45, 2.75) is 6.42 Å². The van der Waals surface area contributed by atoms with Crippen LogP contribution in [0.25, 0.3) is 0 Å². The Hall–Kier alpha value is -3.34. The van der Waals surface area contributed by atoms with Crippen LogP contribution in [0, 0.1) is 0 Å². The third-order valence-electron chi connectivity index (χ3n) is 3.93. The summed E-state index contributed by atoms with van der Waals surface area (Å²) in [5, 5.41) is 12.7. The standard InChI is InChI=1S/C20H18N2O3/c1-22-10-9-16(13-19(22)24)20(25)21-17-12-15(7-8-18(17)23)11-14-5-3-2-4-6-14/h2-10,12-13,23H,11H2,1H3,(H,21,25). The molecule has 2 aromatic carbocycles. The highest BCUT2D eigenvalue weighted by Gasteiger charge is 2.11. The number of hydrogen-bond acceptors (Lipinski definition) is 3. The van der Waals surface area contributed by atoms with Crippen LogP contribution in [0.3, 0.4) is 0 Å². The Labute approximate surface area is 145 Å². The highest BCUT2D eigenvalue weighted by molar-refractivity contribution is 6.04. The Balaban J connectivity index is 1.81. The minimum Gasteiger partial charge on any atom is -0.506 e. The maximum atomic E-state index is 12.3. The summed E-state index contributed by atoms with van der Waals surface area (Å²) in [5.41, 5.74) is 2.39. The van der Waals surface area contributed by atoms with Gasteiger partial charge in [0.05, 0.1) is 5.69 Å². The third kappa shape index (κ3) is 3.95. The number of rotatable bonds is 4. The monoisotopic (exact) mass is 334 g/mol. The molecule has 1 amide bonds. The van der Waals surface area contributed by atoms with Crippen LogP contribution in [-0.2, 0) is 13.5 Å². The van der Waals surface area contributed by atoms with Gasteiger partial charge in [-0.05, 0) is 35.7 Å². The lowest BCUT2D eigenvalue weighted by Gasteiger charge is -2.10. The lowest BCUT2D eigenvalue weighted by molar-refractivity contribution is 0.102. The fourth-order valence-corrected chi connectivity index (χ4v) is 2.51. The molecule has 3 aromatic rings. The normalized spacial score (nSPS) is 10.4. The van der Waals surface area contributed by atoms with E-state index in [0.29, 0.717) is 12.1 Å². The molecule has 1 aromatic heterocycles. The van der Waals surface area contributed by atoms with Crippen LogP contribution in [0.1, 0.15) is 21.5 Å². The predicted octanol–water partition coefficient (Wildman–Crippen LogP) is 2.93. The number of aromatic hydroxyl groups is 1. The molecule has 5 nitrogen and oxygen atoms in total. The second kappa shape index (κ2) is 7.05. The van der Waals surface area contributed by atoms with Gasteiger partial charge < -0.3 is 15.0 Å². The van der Waals surface area contributed by atoms with Gasteiger partial charge in [0.15, 0.2) is 0 Å². The number of carbonyl (C=O) groups excluding carboxylic acids is 1. The van der Waals surface area contributed by atoms with Crippen LogP contribution >= 0.6 is 0 Å². The van der Waals surface area contributed by atoms with Crippen molar-refractivity contribution in [3.63, 3.8) is 0 Å². The number of hydrogen-bond donors (Lipinski definition) is 2. The van der Waals surface area contributed by atoms with Gasteiger partial charge in [-0.3, -0.25) is 9.59 Å². The van der Waals surface area contributed by atoms with E-state index in [2.05, 4.69) is 5.32 Å². The number of anilines is 1. The first-order chi connectivity index (χ1) is 12.0. The molecule has 0 aliphatic heterocycles. The van der Waals surface area contributed by atoms with Crippen molar-refractivity contribution in [3.8, 4) is 5.75 Å². The summed E-state index contributed by atoms with van der Waals surface area (Å²) in [7, 11) is 1.61. The van der Waals surface area contributed by atoms with Crippen molar-refractivity contribution >= 4 is 11.6 Å². The molecule has 126 valence electrons. The van der Waals surface area contributed by atoms with Gasteiger partial charge in [0, 0.05) is 24.9 Å². The van der Waals surface area contributed by atoms with Crippen LogP contribution in [0.4, 0.5) is 5.69 Å². The Morgan fingerprint density at radius 1 is 1.04 bits per heavy atom. The molecule has 0 spiro atoms. The number of phenols is 1. The Bertz CT molecular complexity index is 962. The number of pyridine rings is 1. The number of phenolic OH excluding ortho intramolecular Hbond substituents is 1. The first kappa shape index (κ1) is 16.5. The Morgan fingerprint density at radius 2 is 1.80 bits per heavy atom. The zero-order valence-electron chi connectivity index (χ0n) is 13.8. The van der Waals surface area contributed by atoms with Crippen LogP contribution in [0.2, 0.25) is 0 Å². The molecule has 0 aliphatic carbocycles. The minimum absolute atomic E-state index is 0.0194. The molecule has 0 saturated carbocycles. The van der Waals surface area contributed by atoms with E-state index in [1.807, 2.05) is 36.4 Å². The van der Waals surface area contributed by atoms with Crippen LogP contribution in [-0.4, -0.2) is 15.6 Å². The maximum Gasteiger partial charge on any atom is 0.256 e. The van der Waals surface area contributed by atoms with E-state index in [4.69, 9.17) is 0 Å². The van der Waals surface area contributed by atoms with Gasteiger partial charge in [0.1, 0.15) is 5.75 Å². The third-order valence-corrected chi connectivity index (χ3v) is 3.93. The predicted molar refractivity (Wildman–Crippen MR) is 97.0 cm³/mol. The van der Waals surface area contributed by atoms with E-state index in [1.54, 1.807) is 25.2 Å². The molecule has 0 bridgehead atoms. The summed E-state index contributed by atoms with van der Waals surface area (Å²) in [6.45, 7) is 0. The van der Waals surface area contributed by atoms with E-state index < -0.39 is 5.91 Å². The van der Waals surface area contributed by atoms with Crippen LogP contribution in [0.5, 0.6) is 5.75 Å². The smallest absolute Gasteiger partial charge is 0.256 e. The van der Waals surface area contributed by atoms with Crippen LogP contribution < -0.4 is 10.9 Å². The highest BCUT2D eigenvalue weighted by Crippen LogP contribution is 2.26. The summed E-state index contributed by atoms with van der Waals surface area (Å²) in [5.74, 6) is -0.459. The van der Waals surface area contributed by atoms with Gasteiger partial charge >= 0.3 is 0 Å². The van der Waals surface area contributed by atoms with Gasteiger partial charge in [0.25, 0.3) is 11.5 Å². The number of amides is 1. The van der Waals surface area contributed by atoms with Crippen molar-refractivity contribution < 1.29 is 9.90 Å². The molecular formula is C20H18N2O3. The van der Waals surface area contributed by atoms with Crippen molar-refractivity contribution in [2.75, 3.05) is 5.32 Å². The Morgan fingerprint density at radius 3 is 2.52 bits per heavy atom. The zero-order valence-corrected chi connectivity index (χ0v) is 13.8. The van der Waals surface area contributed by atoms with Crippen molar-refractivity contribution in [1.82, 2.24) is 4.57 Å². The number of carbonyl (C=O) groups is 1. The van der Waals surface area contributed by atoms with Gasteiger partial charge in [-0.1, -0.05) is 36.4 Å². The molecule has 0 atom stereocenters. The quantitative estimate of drug-likeness (QED) is 0.721. The lowest BCUT2D eigenvalue weighted by Crippen LogP contribution is -2.20. The van der Waals surface area contributed by atoms with Crippen molar-refractivity contribution in [1.29, 1.82) is 0 Å². The van der Waals surface area contributed by atoms with E-state index in [9.17, 15) is 14.7 Å². The summed E-state index contributed by atoms with van der Waals surface area (Å²) in [4.78, 5) is 24.0. The molecular weight excluding hydrogens is 316 g/mol. The average molecular weight is 334 g/mol. The van der Waals surface area contributed by atoms with Gasteiger partial charge in [-0.2, -0.15) is 0 Å². The summed E-state index contributed by atoms with van der Waals surface area (Å²) in [6, 6.07) is 17.9. The summed E-state index contributed by atoms with van der Waals surface area (Å²) < 4.78 is 1.38. The summed E-state index contributed by atoms with van der Waals surface area (Å²) in [6.07, 6.45) is 2.22. The number of aromatic nitrogens is 1. The van der Waals surface area contributed by atoms with E-state index in [1.165, 1.54) is 16.8 Å². The number of aryl methyl sites for hydroxylation is 1. The van der Waals surface area contributed by atoms with Crippen molar-refractivity contribution in [3.05, 3.63) is 93.9 Å². The molecule has 2 N–H and O–H groups in total. The molecule has 1 heterocycles. The minimum atomic E-state index is -0.440. The fraction of sp³-hybridized carbons (Fsp3) is 0.100. The SMILES string of the molecule is Cn1ccc(C(=O)Nc2cc(Cc3ccccc3)ccc2O)cc1=O. The molecule has 5 heteroatoms. The van der Waals surface area contributed by atoms with Gasteiger partial charge in [-0.15, -0.1) is 0 Å². The maximum absolute atomic E-state index is 12.3.